The quantitative estimate of drug-likeness (QED) is 0.711. The van der Waals surface area contributed by atoms with Crippen molar-refractivity contribution in [2.45, 2.75) is 19.4 Å². The monoisotopic (exact) mass is 260 g/mol. The lowest BCUT2D eigenvalue weighted by Gasteiger charge is -2.35. The highest BCUT2D eigenvalue weighted by molar-refractivity contribution is 7.98. The van der Waals surface area contributed by atoms with Crippen LogP contribution in [0.15, 0.2) is 0 Å². The first kappa shape index (κ1) is 14.8. The standard InChI is InChI=1S/C12H24N2O2S/c1-4-11(16-2)12(15)14-7-5-13(6-8-14)9-10-17-3/h11H,4-10H2,1-3H3. The first-order valence-electron chi connectivity index (χ1n) is 6.25. The zero-order chi connectivity index (χ0) is 12.7. The second kappa shape index (κ2) is 7.95. The molecule has 1 atom stereocenters. The Balaban J connectivity index is 2.33. The number of amides is 1. The number of methoxy groups -OCH3 is 1. The van der Waals surface area contributed by atoms with Gasteiger partial charge in [0.25, 0.3) is 5.91 Å². The summed E-state index contributed by atoms with van der Waals surface area (Å²) in [5.74, 6) is 1.32. The fourth-order valence-corrected chi connectivity index (χ4v) is 2.50. The Bertz CT molecular complexity index is 227. The Morgan fingerprint density at radius 2 is 2.00 bits per heavy atom. The Morgan fingerprint density at radius 1 is 1.35 bits per heavy atom. The molecule has 1 saturated heterocycles. The van der Waals surface area contributed by atoms with Gasteiger partial charge in [0.05, 0.1) is 0 Å². The lowest BCUT2D eigenvalue weighted by atomic mass is 10.2. The summed E-state index contributed by atoms with van der Waals surface area (Å²) in [5.41, 5.74) is 0. The minimum atomic E-state index is -0.257. The summed E-state index contributed by atoms with van der Waals surface area (Å²) in [5, 5.41) is 0. The fourth-order valence-electron chi connectivity index (χ4n) is 2.06. The molecule has 4 nitrogen and oxygen atoms in total. The van der Waals surface area contributed by atoms with Gasteiger partial charge in [-0.1, -0.05) is 6.92 Å². The number of piperazine rings is 1. The van der Waals surface area contributed by atoms with Gasteiger partial charge in [0.15, 0.2) is 0 Å². The number of rotatable bonds is 6. The van der Waals surface area contributed by atoms with Gasteiger partial charge in [-0.3, -0.25) is 9.69 Å². The van der Waals surface area contributed by atoms with Crippen molar-refractivity contribution in [2.75, 3.05) is 51.8 Å². The average Bonchev–Trinajstić information content (AvgIpc) is 2.38. The van der Waals surface area contributed by atoms with E-state index >= 15 is 0 Å². The lowest BCUT2D eigenvalue weighted by Crippen LogP contribution is -2.52. The van der Waals surface area contributed by atoms with Crippen LogP contribution in [0.3, 0.4) is 0 Å². The molecule has 1 heterocycles. The molecule has 5 heteroatoms. The van der Waals surface area contributed by atoms with Crippen molar-refractivity contribution in [2.24, 2.45) is 0 Å². The second-order valence-electron chi connectivity index (χ2n) is 4.29. The Morgan fingerprint density at radius 3 is 2.47 bits per heavy atom. The van der Waals surface area contributed by atoms with Gasteiger partial charge < -0.3 is 9.64 Å². The van der Waals surface area contributed by atoms with Crippen molar-refractivity contribution in [1.82, 2.24) is 9.80 Å². The molecule has 1 amide bonds. The third kappa shape index (κ3) is 4.48. The van der Waals surface area contributed by atoms with E-state index in [2.05, 4.69) is 11.2 Å². The van der Waals surface area contributed by atoms with Crippen molar-refractivity contribution >= 4 is 17.7 Å². The molecular weight excluding hydrogens is 236 g/mol. The molecule has 0 bridgehead atoms. The molecule has 0 radical (unpaired) electrons. The van der Waals surface area contributed by atoms with E-state index in [9.17, 15) is 4.79 Å². The molecule has 100 valence electrons. The molecule has 0 aromatic carbocycles. The Kier molecular flexibility index (Phi) is 6.92. The van der Waals surface area contributed by atoms with Crippen LogP contribution in [0.5, 0.6) is 0 Å². The van der Waals surface area contributed by atoms with Crippen LogP contribution >= 0.6 is 11.8 Å². The van der Waals surface area contributed by atoms with Crippen molar-refractivity contribution in [3.63, 3.8) is 0 Å². The van der Waals surface area contributed by atoms with E-state index in [1.54, 1.807) is 7.11 Å². The number of nitrogens with zero attached hydrogens (tertiary/aromatic N) is 2. The summed E-state index contributed by atoms with van der Waals surface area (Å²) < 4.78 is 5.20. The Hall–Kier alpha value is -0.260. The first-order valence-corrected chi connectivity index (χ1v) is 7.65. The van der Waals surface area contributed by atoms with Gasteiger partial charge in [-0.05, 0) is 12.7 Å². The topological polar surface area (TPSA) is 32.8 Å². The highest BCUT2D eigenvalue weighted by atomic mass is 32.2. The maximum absolute atomic E-state index is 12.1. The van der Waals surface area contributed by atoms with Crippen LogP contribution in [0, 0.1) is 0 Å². The van der Waals surface area contributed by atoms with Crippen LogP contribution in [0.4, 0.5) is 0 Å². The summed E-state index contributed by atoms with van der Waals surface area (Å²) in [4.78, 5) is 16.4. The zero-order valence-corrected chi connectivity index (χ0v) is 12.0. The van der Waals surface area contributed by atoms with Crippen molar-refractivity contribution < 1.29 is 9.53 Å². The summed E-state index contributed by atoms with van der Waals surface area (Å²) in [6.07, 6.45) is 2.62. The van der Waals surface area contributed by atoms with E-state index in [1.807, 2.05) is 23.6 Å². The van der Waals surface area contributed by atoms with Crippen LogP contribution in [0.25, 0.3) is 0 Å². The molecule has 0 aliphatic carbocycles. The van der Waals surface area contributed by atoms with Gasteiger partial charge in [-0.15, -0.1) is 0 Å². The number of thioether (sulfide) groups is 1. The van der Waals surface area contributed by atoms with Crippen molar-refractivity contribution in [3.8, 4) is 0 Å². The maximum Gasteiger partial charge on any atom is 0.251 e. The molecule has 0 aromatic heterocycles. The van der Waals surface area contributed by atoms with E-state index in [0.717, 1.165) is 39.1 Å². The predicted octanol–water partition coefficient (Wildman–Crippen LogP) is 0.919. The molecular formula is C12H24N2O2S. The van der Waals surface area contributed by atoms with Crippen LogP contribution < -0.4 is 0 Å². The smallest absolute Gasteiger partial charge is 0.251 e. The SMILES string of the molecule is CCC(OC)C(=O)N1CCN(CCSC)CC1. The second-order valence-corrected chi connectivity index (χ2v) is 5.28. The van der Waals surface area contributed by atoms with Gasteiger partial charge in [0.1, 0.15) is 6.10 Å². The minimum absolute atomic E-state index is 0.152. The number of carbonyl (C=O) groups excluding carboxylic acids is 1. The summed E-state index contributed by atoms with van der Waals surface area (Å²) >= 11 is 1.87. The summed E-state index contributed by atoms with van der Waals surface area (Å²) in [7, 11) is 1.61. The van der Waals surface area contributed by atoms with Crippen molar-refractivity contribution in [3.05, 3.63) is 0 Å². The number of ether oxygens (including phenoxy) is 1. The van der Waals surface area contributed by atoms with E-state index in [4.69, 9.17) is 4.74 Å². The molecule has 0 N–H and O–H groups in total. The van der Waals surface area contributed by atoms with E-state index < -0.39 is 0 Å². The molecule has 1 aliphatic rings. The third-order valence-electron chi connectivity index (χ3n) is 3.23. The van der Waals surface area contributed by atoms with Gasteiger partial charge >= 0.3 is 0 Å². The number of carbonyl (C=O) groups is 1. The third-order valence-corrected chi connectivity index (χ3v) is 3.82. The molecule has 1 unspecified atom stereocenters. The molecule has 0 spiro atoms. The zero-order valence-electron chi connectivity index (χ0n) is 11.1. The van der Waals surface area contributed by atoms with E-state index in [1.165, 1.54) is 5.75 Å². The molecule has 1 aliphatic heterocycles. The lowest BCUT2D eigenvalue weighted by molar-refractivity contribution is -0.143. The van der Waals surface area contributed by atoms with Crippen LogP contribution in [0.1, 0.15) is 13.3 Å². The first-order chi connectivity index (χ1) is 8.22. The molecule has 17 heavy (non-hydrogen) atoms. The highest BCUT2D eigenvalue weighted by Crippen LogP contribution is 2.08. The molecule has 0 saturated carbocycles. The van der Waals surface area contributed by atoms with E-state index in [-0.39, 0.29) is 12.0 Å². The average molecular weight is 260 g/mol. The minimum Gasteiger partial charge on any atom is -0.372 e. The Labute approximate surface area is 109 Å². The van der Waals surface area contributed by atoms with Gasteiger partial charge in [0, 0.05) is 45.6 Å². The summed E-state index contributed by atoms with van der Waals surface area (Å²) in [6, 6.07) is 0. The summed E-state index contributed by atoms with van der Waals surface area (Å²) in [6.45, 7) is 6.78. The van der Waals surface area contributed by atoms with Crippen LogP contribution in [0.2, 0.25) is 0 Å². The molecule has 1 fully saturated rings. The number of hydrogen-bond donors (Lipinski definition) is 0. The van der Waals surface area contributed by atoms with Crippen LogP contribution in [-0.2, 0) is 9.53 Å². The largest absolute Gasteiger partial charge is 0.372 e. The maximum atomic E-state index is 12.1. The van der Waals surface area contributed by atoms with E-state index in [0.29, 0.717) is 0 Å². The van der Waals surface area contributed by atoms with Crippen LogP contribution in [-0.4, -0.2) is 73.7 Å². The normalized spacial score (nSPS) is 19.4. The number of hydrogen-bond acceptors (Lipinski definition) is 4. The molecule has 0 aromatic rings. The fraction of sp³-hybridized carbons (Fsp3) is 0.917. The van der Waals surface area contributed by atoms with Gasteiger partial charge in [-0.2, -0.15) is 11.8 Å². The molecule has 1 rings (SSSR count). The highest BCUT2D eigenvalue weighted by Gasteiger charge is 2.25. The van der Waals surface area contributed by atoms with Crippen molar-refractivity contribution in [1.29, 1.82) is 0 Å². The van der Waals surface area contributed by atoms with Gasteiger partial charge in [0.2, 0.25) is 0 Å². The predicted molar refractivity (Wildman–Crippen MR) is 72.5 cm³/mol. The van der Waals surface area contributed by atoms with Gasteiger partial charge in [-0.25, -0.2) is 0 Å².